The molecule has 2 heterocycles. The number of nitrogens with one attached hydrogen (secondary N) is 2. The summed E-state index contributed by atoms with van der Waals surface area (Å²) in [5, 5.41) is 6.27. The van der Waals surface area contributed by atoms with Gasteiger partial charge in [0.1, 0.15) is 5.69 Å². The Bertz CT molecular complexity index is 1120. The summed E-state index contributed by atoms with van der Waals surface area (Å²) in [5.41, 5.74) is 7.28. The smallest absolute Gasteiger partial charge is 0.287 e. The van der Waals surface area contributed by atoms with Gasteiger partial charge in [-0.25, -0.2) is 5.43 Å². The highest BCUT2D eigenvalue weighted by atomic mass is 16.2. The first-order valence-electron chi connectivity index (χ1n) is 8.10. The highest BCUT2D eigenvalue weighted by molar-refractivity contribution is 6.02. The lowest BCUT2D eigenvalue weighted by molar-refractivity contribution is 0.0947. The van der Waals surface area contributed by atoms with Crippen LogP contribution in [0.4, 0.5) is 0 Å². The largest absolute Gasteiger partial charge is 0.358 e. The molecule has 1 amide bonds. The van der Waals surface area contributed by atoms with Crippen LogP contribution in [-0.2, 0) is 7.05 Å². The number of aromatic amines is 1. The van der Waals surface area contributed by atoms with Crippen molar-refractivity contribution < 1.29 is 4.79 Å². The summed E-state index contributed by atoms with van der Waals surface area (Å²) in [6.07, 6.45) is 1.69. The van der Waals surface area contributed by atoms with Crippen LogP contribution in [0.3, 0.4) is 0 Å². The fourth-order valence-electron chi connectivity index (χ4n) is 3.18. The van der Waals surface area contributed by atoms with Crippen molar-refractivity contribution in [3.63, 3.8) is 0 Å². The number of amides is 1. The van der Waals surface area contributed by atoms with Gasteiger partial charge in [-0.2, -0.15) is 5.10 Å². The van der Waals surface area contributed by atoms with Crippen molar-refractivity contribution >= 4 is 33.9 Å². The molecule has 0 atom stereocenters. The number of nitrogens with zero attached hydrogens (tertiary/aromatic N) is 2. The number of H-pyrrole nitrogens is 1. The minimum atomic E-state index is -0.229. The van der Waals surface area contributed by atoms with Gasteiger partial charge in [0, 0.05) is 40.1 Å². The van der Waals surface area contributed by atoms with E-state index in [0.717, 1.165) is 33.1 Å². The summed E-state index contributed by atoms with van der Waals surface area (Å²) in [6.45, 7) is 1.99. The van der Waals surface area contributed by atoms with E-state index in [-0.39, 0.29) is 5.91 Å². The van der Waals surface area contributed by atoms with Gasteiger partial charge in [0.25, 0.3) is 5.91 Å². The van der Waals surface area contributed by atoms with Gasteiger partial charge in [-0.3, -0.25) is 4.79 Å². The first-order chi connectivity index (χ1) is 12.1. The van der Waals surface area contributed by atoms with Crippen molar-refractivity contribution in [1.29, 1.82) is 0 Å². The van der Waals surface area contributed by atoms with Gasteiger partial charge in [-0.05, 0) is 25.1 Å². The molecule has 4 aromatic rings. The quantitative estimate of drug-likeness (QED) is 0.436. The van der Waals surface area contributed by atoms with Crippen LogP contribution in [0.5, 0.6) is 0 Å². The molecule has 0 bridgehead atoms. The number of carbonyl (C=O) groups is 1. The second-order valence-electron chi connectivity index (χ2n) is 6.06. The number of hydrogen-bond acceptors (Lipinski definition) is 2. The summed E-state index contributed by atoms with van der Waals surface area (Å²) in [7, 11) is 1.88. The molecule has 0 fully saturated rings. The second-order valence-corrected chi connectivity index (χ2v) is 6.06. The highest BCUT2D eigenvalue weighted by Gasteiger charge is 2.12. The molecule has 0 saturated heterocycles. The summed E-state index contributed by atoms with van der Waals surface area (Å²) in [5.74, 6) is -0.229. The average Bonchev–Trinajstić information content (AvgIpc) is 3.13. The maximum Gasteiger partial charge on any atom is 0.287 e. The van der Waals surface area contributed by atoms with Gasteiger partial charge in [-0.15, -0.1) is 0 Å². The van der Waals surface area contributed by atoms with Gasteiger partial charge in [0.05, 0.1) is 6.21 Å². The third kappa shape index (κ3) is 2.59. The number of aryl methyl sites for hydroxylation is 2. The second kappa shape index (κ2) is 5.94. The zero-order chi connectivity index (χ0) is 17.4. The van der Waals surface area contributed by atoms with Crippen LogP contribution in [0.1, 0.15) is 21.7 Å². The van der Waals surface area contributed by atoms with Crippen LogP contribution in [0.15, 0.2) is 59.7 Å². The van der Waals surface area contributed by atoms with Gasteiger partial charge in [0.15, 0.2) is 0 Å². The zero-order valence-corrected chi connectivity index (χ0v) is 14.1. The maximum absolute atomic E-state index is 12.5. The highest BCUT2D eigenvalue weighted by Crippen LogP contribution is 2.20. The Balaban J connectivity index is 1.59. The molecule has 0 unspecified atom stereocenters. The standard InChI is InChI=1S/C20H18N4O/c1-13-16(15-8-4-5-9-17(15)22-13)12-21-23-20(25)19-11-14-7-3-6-10-18(14)24(19)2/h3-12,22H,1-2H3,(H,23,25)/b21-12+. The normalized spacial score (nSPS) is 11.6. The fraction of sp³-hybridized carbons (Fsp3) is 0.100. The number of fused-ring (bicyclic) bond motifs is 2. The van der Waals surface area contributed by atoms with Gasteiger partial charge >= 0.3 is 0 Å². The summed E-state index contributed by atoms with van der Waals surface area (Å²) < 4.78 is 1.87. The van der Waals surface area contributed by atoms with E-state index in [4.69, 9.17) is 0 Å². The number of benzene rings is 2. The van der Waals surface area contributed by atoms with Crippen LogP contribution >= 0.6 is 0 Å². The van der Waals surface area contributed by atoms with Gasteiger partial charge < -0.3 is 9.55 Å². The van der Waals surface area contributed by atoms with Crippen LogP contribution in [-0.4, -0.2) is 21.7 Å². The lowest BCUT2D eigenvalue weighted by atomic mass is 10.1. The molecular formula is C20H18N4O. The first kappa shape index (κ1) is 15.2. The molecule has 0 aliphatic heterocycles. The maximum atomic E-state index is 12.5. The van der Waals surface area contributed by atoms with Crippen LogP contribution in [0.2, 0.25) is 0 Å². The van der Waals surface area contributed by atoms with Crippen molar-refractivity contribution in [2.45, 2.75) is 6.92 Å². The van der Waals surface area contributed by atoms with E-state index in [1.807, 2.05) is 73.1 Å². The minimum absolute atomic E-state index is 0.229. The topological polar surface area (TPSA) is 62.2 Å². The molecule has 4 rings (SSSR count). The van der Waals surface area contributed by atoms with E-state index >= 15 is 0 Å². The Morgan fingerprint density at radius 3 is 2.76 bits per heavy atom. The fourth-order valence-corrected chi connectivity index (χ4v) is 3.18. The predicted octanol–water partition coefficient (Wildman–Crippen LogP) is 3.73. The van der Waals surface area contributed by atoms with E-state index < -0.39 is 0 Å². The van der Waals surface area contributed by atoms with E-state index in [1.54, 1.807) is 6.21 Å². The molecule has 5 heteroatoms. The molecule has 0 radical (unpaired) electrons. The Hall–Kier alpha value is -3.34. The third-order valence-electron chi connectivity index (χ3n) is 4.49. The Labute approximate surface area is 145 Å². The van der Waals surface area contributed by atoms with E-state index in [9.17, 15) is 4.79 Å². The Morgan fingerprint density at radius 2 is 1.92 bits per heavy atom. The summed E-state index contributed by atoms with van der Waals surface area (Å²) >= 11 is 0. The summed E-state index contributed by atoms with van der Waals surface area (Å²) in [4.78, 5) is 15.8. The number of aromatic nitrogens is 2. The van der Waals surface area contributed by atoms with Crippen LogP contribution in [0.25, 0.3) is 21.8 Å². The van der Waals surface area contributed by atoms with Crippen molar-refractivity contribution in [3.05, 3.63) is 71.5 Å². The SMILES string of the molecule is Cc1[nH]c2ccccc2c1/C=N/NC(=O)c1cc2ccccc2n1C. The summed E-state index contributed by atoms with van der Waals surface area (Å²) in [6, 6.07) is 17.8. The average molecular weight is 330 g/mol. The molecule has 2 aromatic carbocycles. The number of carbonyl (C=O) groups excluding carboxylic acids is 1. The van der Waals surface area contributed by atoms with Crippen LogP contribution in [0, 0.1) is 6.92 Å². The van der Waals surface area contributed by atoms with E-state index in [0.29, 0.717) is 5.69 Å². The number of hydrogen-bond donors (Lipinski definition) is 2. The monoisotopic (exact) mass is 330 g/mol. The molecular weight excluding hydrogens is 312 g/mol. The molecule has 0 saturated carbocycles. The molecule has 0 spiro atoms. The van der Waals surface area contributed by atoms with Crippen LogP contribution < -0.4 is 5.43 Å². The van der Waals surface area contributed by atoms with E-state index in [1.165, 1.54) is 0 Å². The minimum Gasteiger partial charge on any atom is -0.358 e. The lowest BCUT2D eigenvalue weighted by Crippen LogP contribution is -2.20. The zero-order valence-electron chi connectivity index (χ0n) is 14.1. The van der Waals surface area contributed by atoms with Crippen molar-refractivity contribution in [3.8, 4) is 0 Å². The number of hydrazone groups is 1. The number of rotatable bonds is 3. The lowest BCUT2D eigenvalue weighted by Gasteiger charge is -2.02. The Kier molecular flexibility index (Phi) is 3.61. The van der Waals surface area contributed by atoms with Crippen molar-refractivity contribution in [2.24, 2.45) is 12.1 Å². The molecule has 2 N–H and O–H groups in total. The van der Waals surface area contributed by atoms with Crippen molar-refractivity contribution in [2.75, 3.05) is 0 Å². The molecule has 124 valence electrons. The van der Waals surface area contributed by atoms with E-state index in [2.05, 4.69) is 15.5 Å². The third-order valence-corrected chi connectivity index (χ3v) is 4.49. The van der Waals surface area contributed by atoms with Gasteiger partial charge in [0.2, 0.25) is 0 Å². The molecule has 2 aromatic heterocycles. The van der Waals surface area contributed by atoms with Gasteiger partial charge in [-0.1, -0.05) is 36.4 Å². The molecule has 5 nitrogen and oxygen atoms in total. The Morgan fingerprint density at radius 1 is 1.16 bits per heavy atom. The molecule has 0 aliphatic carbocycles. The first-order valence-corrected chi connectivity index (χ1v) is 8.10. The molecule has 25 heavy (non-hydrogen) atoms. The predicted molar refractivity (Wildman–Crippen MR) is 101 cm³/mol. The number of para-hydroxylation sites is 2. The van der Waals surface area contributed by atoms with Crippen molar-refractivity contribution in [1.82, 2.24) is 15.0 Å². The molecule has 0 aliphatic rings.